The molecule has 2 aliphatic rings. The molecule has 2 aromatic heterocycles. The van der Waals surface area contributed by atoms with Crippen LogP contribution in [0.5, 0.6) is 0 Å². The van der Waals surface area contributed by atoms with Gasteiger partial charge >= 0.3 is 0 Å². The number of morpholine rings is 1. The molecule has 1 N–H and O–H groups in total. The summed E-state index contributed by atoms with van der Waals surface area (Å²) in [4.78, 5) is 25.3. The zero-order chi connectivity index (χ0) is 18.1. The lowest BCUT2D eigenvalue weighted by Gasteiger charge is -2.28. The van der Waals surface area contributed by atoms with Crippen molar-refractivity contribution in [2.75, 3.05) is 37.7 Å². The Hall–Kier alpha value is -2.52. The second-order valence-corrected chi connectivity index (χ2v) is 6.56. The van der Waals surface area contributed by atoms with Crippen LogP contribution in [0.3, 0.4) is 0 Å². The Morgan fingerprint density at radius 1 is 1.19 bits per heavy atom. The number of hydrogen-bond donors (Lipinski definition) is 1. The molecule has 0 unspecified atom stereocenters. The number of hydrogen-bond acceptors (Lipinski definition) is 7. The summed E-state index contributed by atoms with van der Waals surface area (Å²) in [6, 6.07) is 1.85. The Morgan fingerprint density at radius 2 is 1.92 bits per heavy atom. The molecule has 9 nitrogen and oxygen atoms in total. The maximum Gasteiger partial charge on any atom is 0.257 e. The molecule has 0 spiro atoms. The Morgan fingerprint density at radius 3 is 2.62 bits per heavy atom. The maximum absolute atomic E-state index is 12.8. The van der Waals surface area contributed by atoms with Crippen LogP contribution in [0.15, 0.2) is 18.5 Å². The number of aliphatic hydroxyl groups excluding tert-OH is 1. The van der Waals surface area contributed by atoms with Gasteiger partial charge in [-0.3, -0.25) is 9.48 Å². The number of amides is 1. The van der Waals surface area contributed by atoms with E-state index in [0.29, 0.717) is 50.1 Å². The van der Waals surface area contributed by atoms with Crippen LogP contribution in [0.2, 0.25) is 0 Å². The van der Waals surface area contributed by atoms with Crippen molar-refractivity contribution in [1.82, 2.24) is 24.6 Å². The summed E-state index contributed by atoms with van der Waals surface area (Å²) >= 11 is 0. The lowest BCUT2D eigenvalue weighted by atomic mass is 10.2. The first kappa shape index (κ1) is 16.9. The molecule has 1 fully saturated rings. The molecular formula is C17H22N6O3. The molecule has 0 saturated carbocycles. The third-order valence-electron chi connectivity index (χ3n) is 4.71. The zero-order valence-corrected chi connectivity index (χ0v) is 14.7. The van der Waals surface area contributed by atoms with Crippen molar-refractivity contribution in [3.63, 3.8) is 0 Å². The molecule has 4 heterocycles. The van der Waals surface area contributed by atoms with E-state index in [9.17, 15) is 9.90 Å². The van der Waals surface area contributed by atoms with Crippen LogP contribution in [0.25, 0.3) is 0 Å². The monoisotopic (exact) mass is 358 g/mol. The quantitative estimate of drug-likeness (QED) is 0.838. The van der Waals surface area contributed by atoms with Gasteiger partial charge in [0.05, 0.1) is 49.4 Å². The molecule has 1 saturated heterocycles. The Labute approximate surface area is 151 Å². The van der Waals surface area contributed by atoms with E-state index in [2.05, 4.69) is 20.0 Å². The predicted molar refractivity (Wildman–Crippen MR) is 92.7 cm³/mol. The normalized spacial score (nSPS) is 18.5. The number of anilines is 1. The summed E-state index contributed by atoms with van der Waals surface area (Å²) in [7, 11) is 0. The predicted octanol–water partition coefficient (Wildman–Crippen LogP) is 0.219. The van der Waals surface area contributed by atoms with Gasteiger partial charge in [-0.2, -0.15) is 5.10 Å². The zero-order valence-electron chi connectivity index (χ0n) is 14.7. The lowest BCUT2D eigenvalue weighted by molar-refractivity contribution is 0.0704. The van der Waals surface area contributed by atoms with Gasteiger partial charge in [0, 0.05) is 32.0 Å². The van der Waals surface area contributed by atoms with E-state index in [1.54, 1.807) is 24.2 Å². The fourth-order valence-corrected chi connectivity index (χ4v) is 3.21. The molecule has 0 bridgehead atoms. The van der Waals surface area contributed by atoms with E-state index in [1.165, 1.54) is 0 Å². The third kappa shape index (κ3) is 3.27. The highest BCUT2D eigenvalue weighted by atomic mass is 16.5. The second-order valence-electron chi connectivity index (χ2n) is 6.56. The van der Waals surface area contributed by atoms with Gasteiger partial charge < -0.3 is 19.6 Å². The number of ether oxygens (including phenoxy) is 1. The van der Waals surface area contributed by atoms with Gasteiger partial charge in [0.15, 0.2) is 0 Å². The second kappa shape index (κ2) is 7.00. The number of carbonyl (C=O) groups is 1. The van der Waals surface area contributed by atoms with E-state index in [0.717, 1.165) is 18.8 Å². The molecule has 2 aromatic rings. The standard InChI is InChI=1S/C17H22N6O3/c1-12(24)15-8-14-11-22(2-3-23(14)20-15)16(25)13-9-18-17(19-10-13)21-4-6-26-7-5-21/h8-10,12,24H,2-7,11H2,1H3/t12-/m1/s1. The summed E-state index contributed by atoms with van der Waals surface area (Å²) in [6.07, 6.45) is 2.57. The van der Waals surface area contributed by atoms with Gasteiger partial charge in [0.1, 0.15) is 0 Å². The average Bonchev–Trinajstić information content (AvgIpc) is 3.12. The lowest BCUT2D eigenvalue weighted by Crippen LogP contribution is -2.39. The Bertz CT molecular complexity index is 782. The van der Waals surface area contributed by atoms with E-state index in [1.807, 2.05) is 10.7 Å². The van der Waals surface area contributed by atoms with Crippen molar-refractivity contribution in [2.24, 2.45) is 0 Å². The number of carbonyl (C=O) groups excluding carboxylic acids is 1. The smallest absolute Gasteiger partial charge is 0.257 e. The Kier molecular flexibility index (Phi) is 4.56. The number of aliphatic hydroxyl groups is 1. The number of rotatable bonds is 3. The SMILES string of the molecule is C[C@@H](O)c1cc2n(n1)CCN(C(=O)c1cnc(N3CCOCC3)nc1)C2. The fourth-order valence-electron chi connectivity index (χ4n) is 3.21. The van der Waals surface area contributed by atoms with Gasteiger partial charge in [-0.25, -0.2) is 9.97 Å². The largest absolute Gasteiger partial charge is 0.387 e. The number of nitrogens with zero attached hydrogens (tertiary/aromatic N) is 6. The molecule has 2 aliphatic heterocycles. The highest BCUT2D eigenvalue weighted by molar-refractivity contribution is 5.93. The van der Waals surface area contributed by atoms with Crippen molar-refractivity contribution in [3.05, 3.63) is 35.4 Å². The first-order valence-corrected chi connectivity index (χ1v) is 8.80. The van der Waals surface area contributed by atoms with Gasteiger partial charge in [-0.1, -0.05) is 0 Å². The first-order valence-electron chi connectivity index (χ1n) is 8.80. The van der Waals surface area contributed by atoms with E-state index >= 15 is 0 Å². The van der Waals surface area contributed by atoms with Crippen LogP contribution in [0, 0.1) is 0 Å². The minimum Gasteiger partial charge on any atom is -0.387 e. The molecule has 1 amide bonds. The third-order valence-corrected chi connectivity index (χ3v) is 4.71. The Balaban J connectivity index is 1.45. The van der Waals surface area contributed by atoms with Gasteiger partial charge in [0.25, 0.3) is 5.91 Å². The van der Waals surface area contributed by atoms with E-state index < -0.39 is 6.10 Å². The van der Waals surface area contributed by atoms with Crippen molar-refractivity contribution >= 4 is 11.9 Å². The minimum absolute atomic E-state index is 0.0930. The molecule has 138 valence electrons. The van der Waals surface area contributed by atoms with E-state index in [-0.39, 0.29) is 5.91 Å². The minimum atomic E-state index is -0.613. The summed E-state index contributed by atoms with van der Waals surface area (Å²) in [6.45, 7) is 6.18. The molecule has 0 aromatic carbocycles. The van der Waals surface area contributed by atoms with Crippen molar-refractivity contribution in [2.45, 2.75) is 26.1 Å². The molecule has 1 atom stereocenters. The summed E-state index contributed by atoms with van der Waals surface area (Å²) in [5.74, 6) is 0.535. The van der Waals surface area contributed by atoms with Crippen molar-refractivity contribution in [1.29, 1.82) is 0 Å². The summed E-state index contributed by atoms with van der Waals surface area (Å²) < 4.78 is 7.18. The van der Waals surface area contributed by atoms with Crippen molar-refractivity contribution < 1.29 is 14.6 Å². The molecule has 4 rings (SSSR count). The maximum atomic E-state index is 12.8. The van der Waals surface area contributed by atoms with Gasteiger partial charge in [-0.05, 0) is 13.0 Å². The topological polar surface area (TPSA) is 96.6 Å². The molecule has 0 aliphatic carbocycles. The molecule has 26 heavy (non-hydrogen) atoms. The molecule has 9 heteroatoms. The van der Waals surface area contributed by atoms with Crippen LogP contribution < -0.4 is 4.90 Å². The summed E-state index contributed by atoms with van der Waals surface area (Å²) in [5, 5.41) is 14.0. The van der Waals surface area contributed by atoms with Crippen LogP contribution in [-0.2, 0) is 17.8 Å². The van der Waals surface area contributed by atoms with Crippen LogP contribution in [0.4, 0.5) is 5.95 Å². The van der Waals surface area contributed by atoms with Crippen molar-refractivity contribution in [3.8, 4) is 0 Å². The fraction of sp³-hybridized carbons (Fsp3) is 0.529. The van der Waals surface area contributed by atoms with Crippen LogP contribution in [-0.4, -0.2) is 68.5 Å². The van der Waals surface area contributed by atoms with Gasteiger partial charge in [-0.15, -0.1) is 0 Å². The first-order chi connectivity index (χ1) is 12.6. The molecule has 0 radical (unpaired) electrons. The van der Waals surface area contributed by atoms with Gasteiger partial charge in [0.2, 0.25) is 5.95 Å². The van der Waals surface area contributed by atoms with Crippen LogP contribution in [0.1, 0.15) is 34.8 Å². The number of aromatic nitrogens is 4. The highest BCUT2D eigenvalue weighted by Gasteiger charge is 2.25. The van der Waals surface area contributed by atoms with Crippen LogP contribution >= 0.6 is 0 Å². The number of fused-ring (bicyclic) bond motifs is 1. The van der Waals surface area contributed by atoms with E-state index in [4.69, 9.17) is 4.74 Å². The highest BCUT2D eigenvalue weighted by Crippen LogP contribution is 2.19. The summed E-state index contributed by atoms with van der Waals surface area (Å²) in [5.41, 5.74) is 2.03. The molecular weight excluding hydrogens is 336 g/mol. The average molecular weight is 358 g/mol.